The fraction of sp³-hybridized carbons (Fsp3) is 0.909. The zero-order valence-corrected chi connectivity index (χ0v) is 9.81. The second-order valence-corrected chi connectivity index (χ2v) is 4.98. The Labute approximate surface area is 91.4 Å². The average Bonchev–Trinajstić information content (AvgIpc) is 2.12. The van der Waals surface area contributed by atoms with Crippen LogP contribution in [0.25, 0.3) is 0 Å². The Hall–Kier alpha value is -0.610. The number of aliphatic hydroxyl groups excluding tert-OH is 1. The molecule has 0 aromatic carbocycles. The van der Waals surface area contributed by atoms with E-state index in [-0.39, 0.29) is 17.9 Å². The molecular weight excluding hydrogens is 192 g/mol. The summed E-state index contributed by atoms with van der Waals surface area (Å²) < 4.78 is 0. The van der Waals surface area contributed by atoms with E-state index in [4.69, 9.17) is 10.8 Å². The molecule has 4 nitrogen and oxygen atoms in total. The molecule has 88 valence electrons. The molecule has 0 aromatic heterocycles. The van der Waals surface area contributed by atoms with Gasteiger partial charge in [0.2, 0.25) is 5.91 Å². The minimum Gasteiger partial charge on any atom is -0.393 e. The summed E-state index contributed by atoms with van der Waals surface area (Å²) in [5.41, 5.74) is 5.78. The molecule has 0 heterocycles. The topological polar surface area (TPSA) is 66.6 Å². The number of nitrogens with two attached hydrogens (primary N) is 1. The Bertz CT molecular complexity index is 225. The Morgan fingerprint density at radius 3 is 2.47 bits per heavy atom. The fourth-order valence-corrected chi connectivity index (χ4v) is 1.87. The first-order valence-electron chi connectivity index (χ1n) is 5.60. The zero-order chi connectivity index (χ0) is 11.6. The molecule has 0 saturated heterocycles. The van der Waals surface area contributed by atoms with Gasteiger partial charge in [0.15, 0.2) is 0 Å². The van der Waals surface area contributed by atoms with Crippen molar-refractivity contribution in [2.24, 2.45) is 17.6 Å². The quantitative estimate of drug-likeness (QED) is 0.702. The van der Waals surface area contributed by atoms with Crippen LogP contribution in [-0.4, -0.2) is 41.7 Å². The molecule has 0 aromatic rings. The molecule has 0 bridgehead atoms. The van der Waals surface area contributed by atoms with Crippen LogP contribution >= 0.6 is 0 Å². The van der Waals surface area contributed by atoms with Crippen molar-refractivity contribution in [2.75, 3.05) is 13.6 Å². The lowest BCUT2D eigenvalue weighted by atomic mass is 9.82. The van der Waals surface area contributed by atoms with Crippen molar-refractivity contribution < 1.29 is 9.90 Å². The van der Waals surface area contributed by atoms with E-state index < -0.39 is 6.04 Å². The maximum atomic E-state index is 11.8. The third-order valence-corrected chi connectivity index (χ3v) is 3.12. The molecule has 1 saturated carbocycles. The normalized spacial score (nSPS) is 27.3. The highest BCUT2D eigenvalue weighted by Crippen LogP contribution is 2.27. The lowest BCUT2D eigenvalue weighted by Gasteiger charge is -2.35. The third kappa shape index (κ3) is 3.18. The lowest BCUT2D eigenvalue weighted by molar-refractivity contribution is -0.133. The number of carbonyl (C=O) groups is 1. The van der Waals surface area contributed by atoms with Gasteiger partial charge in [-0.05, 0) is 24.7 Å². The largest absolute Gasteiger partial charge is 0.393 e. The molecule has 4 heteroatoms. The van der Waals surface area contributed by atoms with Crippen LogP contribution in [0.2, 0.25) is 0 Å². The monoisotopic (exact) mass is 214 g/mol. The molecule has 0 unspecified atom stereocenters. The second kappa shape index (κ2) is 4.94. The molecule has 1 amide bonds. The van der Waals surface area contributed by atoms with Gasteiger partial charge in [-0.25, -0.2) is 0 Å². The van der Waals surface area contributed by atoms with Crippen molar-refractivity contribution in [1.82, 2.24) is 4.90 Å². The molecule has 1 aliphatic rings. The number of carbonyl (C=O) groups excluding carboxylic acids is 1. The summed E-state index contributed by atoms with van der Waals surface area (Å²) in [6.45, 7) is 4.61. The van der Waals surface area contributed by atoms with Crippen molar-refractivity contribution in [1.29, 1.82) is 0 Å². The summed E-state index contributed by atoms with van der Waals surface area (Å²) in [5, 5.41) is 9.14. The van der Waals surface area contributed by atoms with Gasteiger partial charge in [0, 0.05) is 13.6 Å². The summed E-state index contributed by atoms with van der Waals surface area (Å²) in [7, 11) is 1.79. The van der Waals surface area contributed by atoms with E-state index >= 15 is 0 Å². The molecule has 15 heavy (non-hydrogen) atoms. The number of hydrogen-bond donors (Lipinski definition) is 2. The van der Waals surface area contributed by atoms with Gasteiger partial charge >= 0.3 is 0 Å². The summed E-state index contributed by atoms with van der Waals surface area (Å²) in [5.74, 6) is 0.631. The van der Waals surface area contributed by atoms with Crippen molar-refractivity contribution in [2.45, 2.75) is 38.8 Å². The first-order chi connectivity index (χ1) is 6.91. The van der Waals surface area contributed by atoms with Crippen LogP contribution in [0.15, 0.2) is 0 Å². The predicted molar refractivity (Wildman–Crippen MR) is 59.2 cm³/mol. The van der Waals surface area contributed by atoms with E-state index in [1.165, 1.54) is 0 Å². The molecule has 1 atom stereocenters. The van der Waals surface area contributed by atoms with Crippen LogP contribution in [0.3, 0.4) is 0 Å². The number of aliphatic hydroxyl groups is 1. The summed E-state index contributed by atoms with van der Waals surface area (Å²) >= 11 is 0. The van der Waals surface area contributed by atoms with E-state index in [0.29, 0.717) is 5.92 Å². The first-order valence-corrected chi connectivity index (χ1v) is 5.60. The molecular formula is C11H22N2O2. The predicted octanol–water partition coefficient (Wildman–Crippen LogP) is 0.199. The molecule has 0 spiro atoms. The Morgan fingerprint density at radius 2 is 2.07 bits per heavy atom. The van der Waals surface area contributed by atoms with Crippen molar-refractivity contribution >= 4 is 5.91 Å². The maximum Gasteiger partial charge on any atom is 0.239 e. The zero-order valence-electron chi connectivity index (χ0n) is 9.81. The van der Waals surface area contributed by atoms with Crippen LogP contribution in [0.1, 0.15) is 26.7 Å². The lowest BCUT2D eigenvalue weighted by Crippen LogP contribution is -2.48. The average molecular weight is 214 g/mol. The highest BCUT2D eigenvalue weighted by molar-refractivity contribution is 5.81. The fourth-order valence-electron chi connectivity index (χ4n) is 1.87. The maximum absolute atomic E-state index is 11.8. The van der Waals surface area contributed by atoms with Gasteiger partial charge in [0.1, 0.15) is 0 Å². The highest BCUT2D eigenvalue weighted by Gasteiger charge is 2.30. The van der Waals surface area contributed by atoms with Crippen molar-refractivity contribution in [3.63, 3.8) is 0 Å². The Balaban J connectivity index is 2.33. The van der Waals surface area contributed by atoms with E-state index in [0.717, 1.165) is 19.4 Å². The Morgan fingerprint density at radius 1 is 1.53 bits per heavy atom. The summed E-state index contributed by atoms with van der Waals surface area (Å²) in [6.07, 6.45) is 1.47. The third-order valence-electron chi connectivity index (χ3n) is 3.12. The molecule has 1 aliphatic carbocycles. The molecule has 3 N–H and O–H groups in total. The van der Waals surface area contributed by atoms with Gasteiger partial charge in [-0.3, -0.25) is 4.79 Å². The Kier molecular flexibility index (Phi) is 4.11. The van der Waals surface area contributed by atoms with Crippen LogP contribution < -0.4 is 5.73 Å². The number of likely N-dealkylation sites (N-methyl/N-ethyl adjacent to an activating group) is 1. The molecule has 1 rings (SSSR count). The van der Waals surface area contributed by atoms with E-state index in [1.54, 1.807) is 11.9 Å². The van der Waals surface area contributed by atoms with Gasteiger partial charge in [-0.15, -0.1) is 0 Å². The smallest absolute Gasteiger partial charge is 0.239 e. The number of rotatable bonds is 4. The number of hydrogen-bond acceptors (Lipinski definition) is 3. The number of nitrogens with zero attached hydrogens (tertiary/aromatic N) is 1. The van der Waals surface area contributed by atoms with Gasteiger partial charge in [0.05, 0.1) is 12.1 Å². The minimum atomic E-state index is -0.403. The molecule has 0 radical (unpaired) electrons. The molecule has 0 aliphatic heterocycles. The number of amides is 1. The van der Waals surface area contributed by atoms with Crippen LogP contribution in [0, 0.1) is 11.8 Å². The van der Waals surface area contributed by atoms with Crippen molar-refractivity contribution in [3.05, 3.63) is 0 Å². The van der Waals surface area contributed by atoms with Crippen LogP contribution in [0.5, 0.6) is 0 Å². The molecule has 1 fully saturated rings. The highest BCUT2D eigenvalue weighted by atomic mass is 16.3. The van der Waals surface area contributed by atoms with E-state index in [1.807, 2.05) is 13.8 Å². The van der Waals surface area contributed by atoms with E-state index in [9.17, 15) is 4.79 Å². The van der Waals surface area contributed by atoms with E-state index in [2.05, 4.69) is 0 Å². The minimum absolute atomic E-state index is 0.00592. The van der Waals surface area contributed by atoms with Gasteiger partial charge < -0.3 is 15.7 Å². The summed E-state index contributed by atoms with van der Waals surface area (Å²) in [6, 6.07) is -0.403. The van der Waals surface area contributed by atoms with Gasteiger partial charge in [-0.2, -0.15) is 0 Å². The van der Waals surface area contributed by atoms with Gasteiger partial charge in [-0.1, -0.05) is 13.8 Å². The SMILES string of the molecule is CC(C)[C@@H](N)C(=O)N(C)CC1CC(O)C1. The second-order valence-electron chi connectivity index (χ2n) is 4.98. The first kappa shape index (κ1) is 12.5. The van der Waals surface area contributed by atoms with Gasteiger partial charge in [0.25, 0.3) is 0 Å². The standard InChI is InChI=1S/C11H22N2O2/c1-7(2)10(12)11(15)13(3)6-8-4-9(14)5-8/h7-10,14H,4-6,12H2,1-3H3/t8?,9?,10-/m1/s1. The van der Waals surface area contributed by atoms with Crippen molar-refractivity contribution in [3.8, 4) is 0 Å². The summed E-state index contributed by atoms with van der Waals surface area (Å²) in [4.78, 5) is 13.5. The van der Waals surface area contributed by atoms with Crippen LogP contribution in [0.4, 0.5) is 0 Å². The van der Waals surface area contributed by atoms with Crippen LogP contribution in [-0.2, 0) is 4.79 Å².